The third-order valence-electron chi connectivity index (χ3n) is 5.07. The van der Waals surface area contributed by atoms with Crippen molar-refractivity contribution in [3.05, 3.63) is 23.9 Å². The Labute approximate surface area is 139 Å². The maximum atomic E-state index is 11.3. The number of nitrogens with zero attached hydrogens (tertiary/aromatic N) is 3. The summed E-state index contributed by atoms with van der Waals surface area (Å²) < 4.78 is 0. The van der Waals surface area contributed by atoms with Crippen molar-refractivity contribution in [2.24, 2.45) is 0 Å². The van der Waals surface area contributed by atoms with Crippen LogP contribution >= 0.6 is 0 Å². The van der Waals surface area contributed by atoms with Gasteiger partial charge < -0.3 is 15.1 Å². The molecule has 5 nitrogen and oxygen atoms in total. The van der Waals surface area contributed by atoms with Gasteiger partial charge in [0, 0.05) is 38.3 Å². The second-order valence-electron chi connectivity index (χ2n) is 6.62. The molecule has 23 heavy (non-hydrogen) atoms. The van der Waals surface area contributed by atoms with Crippen LogP contribution in [0.2, 0.25) is 0 Å². The zero-order valence-electron chi connectivity index (χ0n) is 14.1. The molecule has 0 saturated carbocycles. The molecular weight excluding hydrogens is 288 g/mol. The summed E-state index contributed by atoms with van der Waals surface area (Å²) >= 11 is 0. The summed E-state index contributed by atoms with van der Waals surface area (Å²) in [5.41, 5.74) is 1.06. The molecule has 0 aliphatic carbocycles. The van der Waals surface area contributed by atoms with E-state index in [4.69, 9.17) is 0 Å². The molecule has 1 aromatic heterocycles. The topological polar surface area (TPSA) is 48.5 Å². The highest BCUT2D eigenvalue weighted by Gasteiger charge is 2.26. The maximum Gasteiger partial charge on any atom is 0.219 e. The summed E-state index contributed by atoms with van der Waals surface area (Å²) in [6.07, 6.45) is 7.65. The Hall–Kier alpha value is -1.62. The number of anilines is 1. The Morgan fingerprint density at radius 2 is 1.96 bits per heavy atom. The van der Waals surface area contributed by atoms with Crippen molar-refractivity contribution in [2.45, 2.75) is 51.6 Å². The number of aromatic nitrogens is 1. The minimum Gasteiger partial charge on any atom is -0.357 e. The number of hydrogen-bond acceptors (Lipinski definition) is 4. The van der Waals surface area contributed by atoms with E-state index < -0.39 is 0 Å². The first-order valence-corrected chi connectivity index (χ1v) is 8.97. The van der Waals surface area contributed by atoms with Crippen LogP contribution in [0, 0.1) is 0 Å². The number of piperidine rings is 1. The number of hydrogen-bond donors (Lipinski definition) is 1. The molecule has 0 bridgehead atoms. The molecule has 0 aromatic carbocycles. The smallest absolute Gasteiger partial charge is 0.219 e. The van der Waals surface area contributed by atoms with Crippen molar-refractivity contribution in [2.75, 3.05) is 31.1 Å². The van der Waals surface area contributed by atoms with E-state index in [1.165, 1.54) is 38.8 Å². The number of likely N-dealkylation sites (tertiary alicyclic amines) is 1. The number of rotatable bonds is 5. The summed E-state index contributed by atoms with van der Waals surface area (Å²) in [6.45, 7) is 7.21. The molecule has 0 spiro atoms. The monoisotopic (exact) mass is 316 g/mol. The number of carbonyl (C=O) groups is 1. The minimum atomic E-state index is 0.0815. The first-order valence-electron chi connectivity index (χ1n) is 8.97. The first-order chi connectivity index (χ1) is 11.3. The SMILES string of the molecule is CCC(=O)NCc1ccc(N2CCC(N3CCCC3)CC2)nc1. The van der Waals surface area contributed by atoms with Gasteiger partial charge >= 0.3 is 0 Å². The zero-order valence-corrected chi connectivity index (χ0v) is 14.1. The van der Waals surface area contributed by atoms with Gasteiger partial charge in [-0.05, 0) is 50.4 Å². The first kappa shape index (κ1) is 16.2. The molecule has 3 rings (SSSR count). The third kappa shape index (κ3) is 4.22. The lowest BCUT2D eigenvalue weighted by Gasteiger charge is -2.37. The molecule has 3 heterocycles. The van der Waals surface area contributed by atoms with Crippen LogP contribution in [-0.2, 0) is 11.3 Å². The molecule has 0 atom stereocenters. The normalized spacial score (nSPS) is 20.0. The molecule has 2 aliphatic heterocycles. The van der Waals surface area contributed by atoms with Gasteiger partial charge in [-0.25, -0.2) is 4.98 Å². The van der Waals surface area contributed by atoms with Crippen LogP contribution in [-0.4, -0.2) is 48.0 Å². The summed E-state index contributed by atoms with van der Waals surface area (Å²) in [7, 11) is 0. The van der Waals surface area contributed by atoms with Crippen molar-refractivity contribution in [3.63, 3.8) is 0 Å². The second-order valence-corrected chi connectivity index (χ2v) is 6.62. The quantitative estimate of drug-likeness (QED) is 0.904. The van der Waals surface area contributed by atoms with Gasteiger partial charge in [-0.3, -0.25) is 4.79 Å². The predicted molar refractivity (Wildman–Crippen MR) is 92.4 cm³/mol. The Morgan fingerprint density at radius 1 is 1.22 bits per heavy atom. The highest BCUT2D eigenvalue weighted by molar-refractivity contribution is 5.75. The van der Waals surface area contributed by atoms with Crippen molar-refractivity contribution >= 4 is 11.7 Å². The van der Waals surface area contributed by atoms with Crippen molar-refractivity contribution in [1.29, 1.82) is 0 Å². The number of carbonyl (C=O) groups excluding carboxylic acids is 1. The van der Waals surface area contributed by atoms with E-state index in [9.17, 15) is 4.79 Å². The van der Waals surface area contributed by atoms with Gasteiger partial charge in [0.1, 0.15) is 5.82 Å². The van der Waals surface area contributed by atoms with Crippen LogP contribution in [0.3, 0.4) is 0 Å². The number of pyridine rings is 1. The van der Waals surface area contributed by atoms with Crippen molar-refractivity contribution in [1.82, 2.24) is 15.2 Å². The van der Waals surface area contributed by atoms with Gasteiger partial charge in [-0.15, -0.1) is 0 Å². The Bertz CT molecular complexity index is 502. The van der Waals surface area contributed by atoms with Crippen LogP contribution in [0.25, 0.3) is 0 Å². The molecule has 1 N–H and O–H groups in total. The molecule has 2 aliphatic rings. The predicted octanol–water partition coefficient (Wildman–Crippen LogP) is 2.17. The number of nitrogens with one attached hydrogen (secondary N) is 1. The van der Waals surface area contributed by atoms with Crippen LogP contribution in [0.4, 0.5) is 5.82 Å². The lowest BCUT2D eigenvalue weighted by Crippen LogP contribution is -2.44. The highest BCUT2D eigenvalue weighted by atomic mass is 16.1. The van der Waals surface area contributed by atoms with Crippen molar-refractivity contribution in [3.8, 4) is 0 Å². The van der Waals surface area contributed by atoms with Gasteiger partial charge in [0.2, 0.25) is 5.91 Å². The zero-order chi connectivity index (χ0) is 16.1. The summed E-state index contributed by atoms with van der Waals surface area (Å²) in [6, 6.07) is 4.94. The van der Waals surface area contributed by atoms with E-state index in [2.05, 4.69) is 32.2 Å². The molecule has 5 heteroatoms. The van der Waals surface area contributed by atoms with E-state index in [0.29, 0.717) is 13.0 Å². The molecule has 0 unspecified atom stereocenters. The summed E-state index contributed by atoms with van der Waals surface area (Å²) in [5, 5.41) is 2.89. The Balaban J connectivity index is 1.49. The number of amides is 1. The van der Waals surface area contributed by atoms with Crippen LogP contribution in [0.5, 0.6) is 0 Å². The third-order valence-corrected chi connectivity index (χ3v) is 5.07. The second kappa shape index (κ2) is 7.77. The maximum absolute atomic E-state index is 11.3. The molecule has 1 amide bonds. The Morgan fingerprint density at radius 3 is 2.57 bits per heavy atom. The highest BCUT2D eigenvalue weighted by Crippen LogP contribution is 2.23. The van der Waals surface area contributed by atoms with Crippen LogP contribution in [0.15, 0.2) is 18.3 Å². The average Bonchev–Trinajstić information content (AvgIpc) is 3.15. The van der Waals surface area contributed by atoms with Gasteiger partial charge in [0.05, 0.1) is 0 Å². The molecule has 2 fully saturated rings. The summed E-state index contributed by atoms with van der Waals surface area (Å²) in [4.78, 5) is 20.9. The van der Waals surface area contributed by atoms with Gasteiger partial charge in [-0.2, -0.15) is 0 Å². The van der Waals surface area contributed by atoms with Gasteiger partial charge in [0.15, 0.2) is 0 Å². The standard InChI is InChI=1S/C18H28N4O/c1-2-18(23)20-14-15-5-6-17(19-13-15)22-11-7-16(8-12-22)21-9-3-4-10-21/h5-6,13,16H,2-4,7-12,14H2,1H3,(H,20,23). The lowest BCUT2D eigenvalue weighted by molar-refractivity contribution is -0.120. The fraction of sp³-hybridized carbons (Fsp3) is 0.667. The van der Waals surface area contributed by atoms with Crippen LogP contribution in [0.1, 0.15) is 44.6 Å². The van der Waals surface area contributed by atoms with E-state index in [1.807, 2.05) is 13.1 Å². The molecule has 1 aromatic rings. The minimum absolute atomic E-state index is 0.0815. The van der Waals surface area contributed by atoms with E-state index in [1.54, 1.807) is 0 Å². The molecule has 126 valence electrons. The lowest BCUT2D eigenvalue weighted by atomic mass is 10.0. The van der Waals surface area contributed by atoms with E-state index in [0.717, 1.165) is 30.5 Å². The fourth-order valence-corrected chi connectivity index (χ4v) is 3.60. The van der Waals surface area contributed by atoms with E-state index >= 15 is 0 Å². The molecule has 2 saturated heterocycles. The fourth-order valence-electron chi connectivity index (χ4n) is 3.60. The average molecular weight is 316 g/mol. The van der Waals surface area contributed by atoms with Gasteiger partial charge in [0.25, 0.3) is 0 Å². The Kier molecular flexibility index (Phi) is 5.49. The van der Waals surface area contributed by atoms with Crippen LogP contribution < -0.4 is 10.2 Å². The molecule has 0 radical (unpaired) electrons. The molecular formula is C18H28N4O. The van der Waals surface area contributed by atoms with E-state index in [-0.39, 0.29) is 5.91 Å². The van der Waals surface area contributed by atoms with Crippen molar-refractivity contribution < 1.29 is 4.79 Å². The van der Waals surface area contributed by atoms with Gasteiger partial charge in [-0.1, -0.05) is 13.0 Å². The largest absolute Gasteiger partial charge is 0.357 e. The summed E-state index contributed by atoms with van der Waals surface area (Å²) in [5.74, 6) is 1.15.